The minimum Gasteiger partial charge on any atom is -0.477 e. The summed E-state index contributed by atoms with van der Waals surface area (Å²) in [5, 5.41) is 10.0. The number of alkyl halides is 3. The Balaban J connectivity index is 2.24. The Morgan fingerprint density at radius 2 is 2.00 bits per heavy atom. The maximum Gasteiger partial charge on any atom is 0.390 e. The summed E-state index contributed by atoms with van der Waals surface area (Å²) >= 11 is 1.15. The van der Waals surface area contributed by atoms with Gasteiger partial charge in [0, 0.05) is 17.8 Å². The van der Waals surface area contributed by atoms with E-state index in [0.717, 1.165) is 21.4 Å². The molecule has 0 aliphatic heterocycles. The van der Waals surface area contributed by atoms with E-state index >= 15 is 0 Å². The van der Waals surface area contributed by atoms with Crippen LogP contribution < -0.4 is 0 Å². The average molecular weight is 317 g/mol. The number of carboxylic acids is 1. The number of halogens is 3. The van der Waals surface area contributed by atoms with E-state index in [0.29, 0.717) is 5.56 Å². The highest BCUT2D eigenvalue weighted by atomic mass is 32.1. The van der Waals surface area contributed by atoms with Gasteiger partial charge in [-0.15, -0.1) is 11.3 Å². The molecule has 0 amide bonds. The summed E-state index contributed by atoms with van der Waals surface area (Å²) in [6, 6.07) is 7.21. The van der Waals surface area contributed by atoms with Crippen molar-refractivity contribution in [2.45, 2.75) is 19.1 Å². The smallest absolute Gasteiger partial charge is 0.390 e. The molecule has 1 aromatic heterocycles. The standard InChI is InChI=1S/C14H14F3NO2S/c1-18(7-6-14(15,16)17)8-10-9-4-2-3-5-11(9)21-12(10)13(19)20/h2-5H,6-8H2,1H3,(H,19,20). The van der Waals surface area contributed by atoms with Crippen LogP contribution in [0.3, 0.4) is 0 Å². The number of benzene rings is 1. The minimum atomic E-state index is -4.21. The molecule has 2 rings (SSSR count). The van der Waals surface area contributed by atoms with Gasteiger partial charge in [-0.1, -0.05) is 18.2 Å². The molecular weight excluding hydrogens is 303 g/mol. The van der Waals surface area contributed by atoms with Gasteiger partial charge >= 0.3 is 12.1 Å². The van der Waals surface area contributed by atoms with Crippen molar-refractivity contribution in [1.82, 2.24) is 4.90 Å². The molecule has 0 unspecified atom stereocenters. The van der Waals surface area contributed by atoms with Crippen molar-refractivity contribution in [3.05, 3.63) is 34.7 Å². The number of thiophene rings is 1. The average Bonchev–Trinajstić information content (AvgIpc) is 2.75. The third-order valence-electron chi connectivity index (χ3n) is 3.10. The zero-order chi connectivity index (χ0) is 15.6. The van der Waals surface area contributed by atoms with Gasteiger partial charge in [-0.3, -0.25) is 0 Å². The molecule has 0 spiro atoms. The highest BCUT2D eigenvalue weighted by molar-refractivity contribution is 7.21. The van der Waals surface area contributed by atoms with E-state index in [4.69, 9.17) is 0 Å². The summed E-state index contributed by atoms with van der Waals surface area (Å²) in [4.78, 5) is 13.0. The molecule has 0 saturated carbocycles. The molecule has 0 aliphatic carbocycles. The van der Waals surface area contributed by atoms with Crippen LogP contribution in [0.5, 0.6) is 0 Å². The van der Waals surface area contributed by atoms with E-state index in [1.165, 1.54) is 4.90 Å². The number of hydrogen-bond acceptors (Lipinski definition) is 3. The van der Waals surface area contributed by atoms with Crippen LogP contribution in [0.4, 0.5) is 13.2 Å². The maximum atomic E-state index is 12.2. The van der Waals surface area contributed by atoms with Crippen LogP contribution >= 0.6 is 11.3 Å². The first-order valence-corrected chi connectivity index (χ1v) is 7.08. The Kier molecular flexibility index (Phi) is 4.53. The van der Waals surface area contributed by atoms with E-state index in [9.17, 15) is 23.1 Å². The largest absolute Gasteiger partial charge is 0.477 e. The molecule has 2 aromatic rings. The minimum absolute atomic E-state index is 0.160. The van der Waals surface area contributed by atoms with Gasteiger partial charge in [-0.05, 0) is 24.1 Å². The van der Waals surface area contributed by atoms with E-state index in [-0.39, 0.29) is 18.0 Å². The lowest BCUT2D eigenvalue weighted by atomic mass is 10.1. The summed E-state index contributed by atoms with van der Waals surface area (Å²) in [6.45, 7) is 0.0223. The Labute approximate surface area is 123 Å². The molecule has 1 heterocycles. The van der Waals surface area contributed by atoms with Crippen molar-refractivity contribution in [3.8, 4) is 0 Å². The molecule has 0 radical (unpaired) electrons. The number of aromatic carboxylic acids is 1. The molecular formula is C14H14F3NO2S. The fourth-order valence-electron chi connectivity index (χ4n) is 2.10. The first kappa shape index (κ1) is 15.8. The summed E-state index contributed by atoms with van der Waals surface area (Å²) in [6.07, 6.45) is -5.12. The van der Waals surface area contributed by atoms with Crippen LogP contribution in [0, 0.1) is 0 Å². The second-order valence-corrected chi connectivity index (χ2v) is 5.87. The van der Waals surface area contributed by atoms with E-state index in [1.807, 2.05) is 12.1 Å². The summed E-state index contributed by atoms with van der Waals surface area (Å²) in [5.74, 6) is -1.05. The summed E-state index contributed by atoms with van der Waals surface area (Å²) in [7, 11) is 1.56. The Morgan fingerprint density at radius 3 is 2.62 bits per heavy atom. The van der Waals surface area contributed by atoms with Crippen LogP contribution in [0.1, 0.15) is 21.7 Å². The van der Waals surface area contributed by atoms with Crippen molar-refractivity contribution >= 4 is 27.4 Å². The third kappa shape index (κ3) is 3.95. The number of carboxylic acid groups (broad SMARTS) is 1. The number of hydrogen-bond donors (Lipinski definition) is 1. The number of nitrogens with zero attached hydrogens (tertiary/aromatic N) is 1. The van der Waals surface area contributed by atoms with Crippen molar-refractivity contribution in [1.29, 1.82) is 0 Å². The molecule has 21 heavy (non-hydrogen) atoms. The first-order chi connectivity index (χ1) is 9.78. The van der Waals surface area contributed by atoms with Crippen molar-refractivity contribution in [2.24, 2.45) is 0 Å². The molecule has 1 aromatic carbocycles. The second-order valence-electron chi connectivity index (χ2n) is 4.81. The highest BCUT2D eigenvalue weighted by Gasteiger charge is 2.27. The monoisotopic (exact) mass is 317 g/mol. The lowest BCUT2D eigenvalue weighted by molar-refractivity contribution is -0.137. The topological polar surface area (TPSA) is 40.5 Å². The zero-order valence-corrected chi connectivity index (χ0v) is 12.1. The predicted octanol–water partition coefficient (Wildman–Crippen LogP) is 3.98. The highest BCUT2D eigenvalue weighted by Crippen LogP contribution is 2.32. The fourth-order valence-corrected chi connectivity index (χ4v) is 3.15. The maximum absolute atomic E-state index is 12.2. The molecule has 0 saturated heterocycles. The zero-order valence-electron chi connectivity index (χ0n) is 11.3. The number of rotatable bonds is 5. The van der Waals surface area contributed by atoms with Crippen LogP contribution in [-0.2, 0) is 6.54 Å². The van der Waals surface area contributed by atoms with E-state index in [2.05, 4.69) is 0 Å². The predicted molar refractivity (Wildman–Crippen MR) is 75.8 cm³/mol. The van der Waals surface area contributed by atoms with Crippen LogP contribution in [-0.4, -0.2) is 35.7 Å². The lowest BCUT2D eigenvalue weighted by Gasteiger charge is -2.17. The van der Waals surface area contributed by atoms with Gasteiger partial charge in [0.15, 0.2) is 0 Å². The number of carbonyl (C=O) groups is 1. The van der Waals surface area contributed by atoms with E-state index < -0.39 is 18.6 Å². The quantitative estimate of drug-likeness (QED) is 0.906. The summed E-state index contributed by atoms with van der Waals surface area (Å²) < 4.78 is 37.5. The molecule has 0 atom stereocenters. The first-order valence-electron chi connectivity index (χ1n) is 6.27. The van der Waals surface area contributed by atoms with Crippen LogP contribution in [0.2, 0.25) is 0 Å². The molecule has 1 N–H and O–H groups in total. The van der Waals surface area contributed by atoms with Gasteiger partial charge in [0.2, 0.25) is 0 Å². The Morgan fingerprint density at radius 1 is 1.33 bits per heavy atom. The van der Waals surface area contributed by atoms with Gasteiger partial charge in [0.25, 0.3) is 0 Å². The van der Waals surface area contributed by atoms with Crippen molar-refractivity contribution in [2.75, 3.05) is 13.6 Å². The Hall–Kier alpha value is -1.60. The van der Waals surface area contributed by atoms with Gasteiger partial charge in [-0.25, -0.2) is 4.79 Å². The second kappa shape index (κ2) is 6.03. The third-order valence-corrected chi connectivity index (χ3v) is 4.30. The van der Waals surface area contributed by atoms with Crippen molar-refractivity contribution in [3.63, 3.8) is 0 Å². The summed E-state index contributed by atoms with van der Waals surface area (Å²) in [5.41, 5.74) is 0.577. The van der Waals surface area contributed by atoms with Gasteiger partial charge in [0.05, 0.1) is 6.42 Å². The van der Waals surface area contributed by atoms with Gasteiger partial charge < -0.3 is 10.0 Å². The molecule has 0 bridgehead atoms. The molecule has 3 nitrogen and oxygen atoms in total. The normalized spacial score (nSPS) is 12.2. The molecule has 7 heteroatoms. The van der Waals surface area contributed by atoms with Crippen LogP contribution in [0.25, 0.3) is 10.1 Å². The molecule has 114 valence electrons. The van der Waals surface area contributed by atoms with Gasteiger partial charge in [-0.2, -0.15) is 13.2 Å². The van der Waals surface area contributed by atoms with Crippen LogP contribution in [0.15, 0.2) is 24.3 Å². The lowest BCUT2D eigenvalue weighted by Crippen LogP contribution is -2.24. The van der Waals surface area contributed by atoms with E-state index in [1.54, 1.807) is 19.2 Å². The number of fused-ring (bicyclic) bond motifs is 1. The molecule has 0 aliphatic rings. The van der Waals surface area contributed by atoms with Crippen molar-refractivity contribution < 1.29 is 23.1 Å². The fraction of sp³-hybridized carbons (Fsp3) is 0.357. The molecule has 0 fully saturated rings. The Bertz CT molecular complexity index is 651. The SMILES string of the molecule is CN(CCC(F)(F)F)Cc1c(C(=O)O)sc2ccccc12. The van der Waals surface area contributed by atoms with Gasteiger partial charge in [0.1, 0.15) is 4.88 Å².